The molecule has 0 radical (unpaired) electrons. The van der Waals surface area contributed by atoms with Crippen LogP contribution in [0.3, 0.4) is 0 Å². The van der Waals surface area contributed by atoms with Gasteiger partial charge in [-0.25, -0.2) is 4.98 Å². The summed E-state index contributed by atoms with van der Waals surface area (Å²) in [5.41, 5.74) is 4.12. The van der Waals surface area contributed by atoms with E-state index in [0.29, 0.717) is 37.5 Å². The Kier molecular flexibility index (Phi) is 6.08. The van der Waals surface area contributed by atoms with Crippen molar-refractivity contribution in [3.05, 3.63) is 65.4 Å². The van der Waals surface area contributed by atoms with E-state index in [-0.39, 0.29) is 18.4 Å². The zero-order valence-electron chi connectivity index (χ0n) is 17.0. The average Bonchev–Trinajstić information content (AvgIpc) is 2.81. The number of fused-ring (bicyclic) bond motifs is 1. The molecule has 2 aliphatic heterocycles. The molecule has 0 bridgehead atoms. The monoisotopic (exact) mass is 414 g/mol. The van der Waals surface area contributed by atoms with Crippen LogP contribution in [-0.2, 0) is 16.0 Å². The van der Waals surface area contributed by atoms with Crippen molar-refractivity contribution in [3.63, 3.8) is 0 Å². The molecule has 1 aromatic carbocycles. The molecule has 0 spiro atoms. The van der Waals surface area contributed by atoms with Crippen molar-refractivity contribution in [1.29, 1.82) is 5.26 Å². The Balaban J connectivity index is 1.35. The summed E-state index contributed by atoms with van der Waals surface area (Å²) in [7, 11) is 0. The Morgan fingerprint density at radius 3 is 2.84 bits per heavy atom. The molecule has 0 atom stereocenters. The molecule has 2 amide bonds. The van der Waals surface area contributed by atoms with Crippen LogP contribution < -0.4 is 10.1 Å². The number of nitrogens with zero attached hydrogens (tertiary/aromatic N) is 3. The van der Waals surface area contributed by atoms with Gasteiger partial charge in [0, 0.05) is 31.8 Å². The molecule has 0 saturated carbocycles. The Hall–Kier alpha value is -3.92. The molecule has 4 rings (SSSR count). The number of nitrogens with one attached hydrogen (secondary N) is 1. The normalized spacial score (nSPS) is 15.6. The van der Waals surface area contributed by atoms with Gasteiger partial charge in [-0.3, -0.25) is 9.59 Å². The maximum Gasteiger partial charge on any atom is 0.246 e. The molecule has 3 heterocycles. The zero-order chi connectivity index (χ0) is 21.6. The SMILES string of the molecule is N#CCOc1ccc(C2=CCN(C(=O)/C=C/c3cnc4c(c3)CCC(=O)N4)CC2)cc1. The number of aromatic nitrogens is 1. The lowest BCUT2D eigenvalue weighted by atomic mass is 9.99. The van der Waals surface area contributed by atoms with Crippen LogP contribution in [0.1, 0.15) is 29.5 Å². The summed E-state index contributed by atoms with van der Waals surface area (Å²) in [6.45, 7) is 1.24. The molecular weight excluding hydrogens is 392 g/mol. The van der Waals surface area contributed by atoms with Crippen molar-refractivity contribution in [2.75, 3.05) is 25.0 Å². The van der Waals surface area contributed by atoms with Crippen molar-refractivity contribution >= 4 is 29.3 Å². The van der Waals surface area contributed by atoms with Gasteiger partial charge in [0.25, 0.3) is 0 Å². The highest BCUT2D eigenvalue weighted by atomic mass is 16.5. The first-order chi connectivity index (χ1) is 15.1. The highest BCUT2D eigenvalue weighted by molar-refractivity contribution is 5.94. The van der Waals surface area contributed by atoms with Gasteiger partial charge in [-0.1, -0.05) is 18.2 Å². The minimum Gasteiger partial charge on any atom is -0.479 e. The molecule has 156 valence electrons. The molecular formula is C24H22N4O3. The molecule has 1 N–H and O–H groups in total. The van der Waals surface area contributed by atoms with Crippen LogP contribution in [0, 0.1) is 11.3 Å². The van der Waals surface area contributed by atoms with Gasteiger partial charge in [-0.15, -0.1) is 0 Å². The number of anilines is 1. The number of benzene rings is 1. The first-order valence-electron chi connectivity index (χ1n) is 10.2. The topological polar surface area (TPSA) is 95.3 Å². The first kappa shape index (κ1) is 20.4. The van der Waals surface area contributed by atoms with Crippen LogP contribution in [0.2, 0.25) is 0 Å². The first-order valence-corrected chi connectivity index (χ1v) is 10.2. The largest absolute Gasteiger partial charge is 0.479 e. The van der Waals surface area contributed by atoms with Crippen LogP contribution in [-0.4, -0.2) is 41.4 Å². The van der Waals surface area contributed by atoms with Gasteiger partial charge < -0.3 is 15.0 Å². The predicted octanol–water partition coefficient (Wildman–Crippen LogP) is 3.20. The number of pyridine rings is 1. The standard InChI is InChI=1S/C24H22N4O3/c25-11-14-31-21-5-2-18(3-6-21)19-9-12-28(13-10-19)23(30)8-1-17-15-20-4-7-22(29)27-24(20)26-16-17/h1-3,5-6,8-9,15-16H,4,7,10,12-14H2,(H,26,27,29)/b8-1+. The number of ether oxygens (including phenoxy) is 1. The maximum atomic E-state index is 12.6. The third-order valence-corrected chi connectivity index (χ3v) is 5.33. The Labute approximate surface area is 180 Å². The molecule has 0 saturated heterocycles. The molecule has 2 aliphatic rings. The minimum atomic E-state index is -0.0402. The quantitative estimate of drug-likeness (QED) is 0.758. The van der Waals surface area contributed by atoms with Gasteiger partial charge in [-0.05, 0) is 59.4 Å². The summed E-state index contributed by atoms with van der Waals surface area (Å²) in [5.74, 6) is 1.22. The zero-order valence-corrected chi connectivity index (χ0v) is 17.0. The molecule has 0 unspecified atom stereocenters. The Morgan fingerprint density at radius 1 is 1.26 bits per heavy atom. The van der Waals surface area contributed by atoms with Crippen molar-refractivity contribution in [3.8, 4) is 11.8 Å². The van der Waals surface area contributed by atoms with E-state index < -0.39 is 0 Å². The van der Waals surface area contributed by atoms with Crippen LogP contribution >= 0.6 is 0 Å². The number of carbonyl (C=O) groups is 2. The number of aryl methyl sites for hydroxylation is 1. The van der Waals surface area contributed by atoms with Crippen molar-refractivity contribution in [2.45, 2.75) is 19.3 Å². The smallest absolute Gasteiger partial charge is 0.246 e. The van der Waals surface area contributed by atoms with Gasteiger partial charge in [0.2, 0.25) is 11.8 Å². The lowest BCUT2D eigenvalue weighted by Crippen LogP contribution is -2.33. The number of hydrogen-bond acceptors (Lipinski definition) is 5. The molecule has 2 aromatic rings. The summed E-state index contributed by atoms with van der Waals surface area (Å²) >= 11 is 0. The Bertz CT molecular complexity index is 1100. The van der Waals surface area contributed by atoms with Crippen molar-refractivity contribution < 1.29 is 14.3 Å². The van der Waals surface area contributed by atoms with E-state index >= 15 is 0 Å². The summed E-state index contributed by atoms with van der Waals surface area (Å²) in [4.78, 5) is 30.1. The molecule has 1 aromatic heterocycles. The number of rotatable bonds is 5. The fraction of sp³-hybridized carbons (Fsp3) is 0.250. The summed E-state index contributed by atoms with van der Waals surface area (Å²) in [6, 6.07) is 11.6. The molecule has 7 heteroatoms. The van der Waals surface area contributed by atoms with E-state index in [2.05, 4.69) is 16.4 Å². The molecule has 0 fully saturated rings. The highest BCUT2D eigenvalue weighted by Gasteiger charge is 2.17. The second kappa shape index (κ2) is 9.26. The third kappa shape index (κ3) is 4.98. The second-order valence-electron chi connectivity index (χ2n) is 7.39. The summed E-state index contributed by atoms with van der Waals surface area (Å²) in [6.07, 6.45) is 8.97. The average molecular weight is 414 g/mol. The number of amides is 2. The summed E-state index contributed by atoms with van der Waals surface area (Å²) < 4.78 is 5.28. The van der Waals surface area contributed by atoms with E-state index in [9.17, 15) is 9.59 Å². The van der Waals surface area contributed by atoms with E-state index in [1.165, 1.54) is 5.57 Å². The van der Waals surface area contributed by atoms with Gasteiger partial charge in [0.05, 0.1) is 0 Å². The van der Waals surface area contributed by atoms with Gasteiger partial charge >= 0.3 is 0 Å². The van der Waals surface area contributed by atoms with Crippen LogP contribution in [0.4, 0.5) is 5.82 Å². The Morgan fingerprint density at radius 2 is 2.10 bits per heavy atom. The van der Waals surface area contributed by atoms with Gasteiger partial charge in [-0.2, -0.15) is 5.26 Å². The van der Waals surface area contributed by atoms with Gasteiger partial charge in [0.1, 0.15) is 17.6 Å². The molecule has 31 heavy (non-hydrogen) atoms. The fourth-order valence-electron chi connectivity index (χ4n) is 3.65. The number of hydrogen-bond donors (Lipinski definition) is 1. The highest BCUT2D eigenvalue weighted by Crippen LogP contribution is 2.25. The second-order valence-corrected chi connectivity index (χ2v) is 7.39. The van der Waals surface area contributed by atoms with Crippen LogP contribution in [0.5, 0.6) is 5.75 Å². The third-order valence-electron chi connectivity index (χ3n) is 5.33. The molecule has 7 nitrogen and oxygen atoms in total. The molecule has 0 aliphatic carbocycles. The van der Waals surface area contributed by atoms with E-state index in [4.69, 9.17) is 10.00 Å². The van der Waals surface area contributed by atoms with Crippen molar-refractivity contribution in [1.82, 2.24) is 9.88 Å². The van der Waals surface area contributed by atoms with E-state index in [1.54, 1.807) is 23.2 Å². The van der Waals surface area contributed by atoms with Crippen LogP contribution in [0.15, 0.2) is 48.7 Å². The van der Waals surface area contributed by atoms with Gasteiger partial charge in [0.15, 0.2) is 6.61 Å². The maximum absolute atomic E-state index is 12.6. The van der Waals surface area contributed by atoms with Crippen LogP contribution in [0.25, 0.3) is 11.6 Å². The fourth-order valence-corrected chi connectivity index (χ4v) is 3.65. The van der Waals surface area contributed by atoms with E-state index in [0.717, 1.165) is 23.1 Å². The van der Waals surface area contributed by atoms with E-state index in [1.807, 2.05) is 36.4 Å². The predicted molar refractivity (Wildman–Crippen MR) is 117 cm³/mol. The van der Waals surface area contributed by atoms with Crippen molar-refractivity contribution in [2.24, 2.45) is 0 Å². The lowest BCUT2D eigenvalue weighted by molar-refractivity contribution is -0.125. The number of nitriles is 1. The minimum absolute atomic E-state index is 0.0146. The lowest BCUT2D eigenvalue weighted by Gasteiger charge is -2.25. The number of carbonyl (C=O) groups excluding carboxylic acids is 2. The summed E-state index contributed by atoms with van der Waals surface area (Å²) in [5, 5.41) is 11.3.